The number of hydrogen-bond donors (Lipinski definition) is 2. The number of halogens is 1. The second-order valence-corrected chi connectivity index (χ2v) is 5.71. The van der Waals surface area contributed by atoms with Crippen LogP contribution < -0.4 is 31.8 Å². The van der Waals surface area contributed by atoms with E-state index in [1.54, 1.807) is 12.1 Å². The van der Waals surface area contributed by atoms with Crippen molar-refractivity contribution in [3.63, 3.8) is 0 Å². The third kappa shape index (κ3) is 3.52. The van der Waals surface area contributed by atoms with Gasteiger partial charge in [-0.25, -0.2) is 0 Å². The normalized spacial score (nSPS) is 15.6. The number of nitrogens with zero attached hydrogens (tertiary/aromatic N) is 2. The molecule has 2 rings (SSSR count). The first-order valence-electron chi connectivity index (χ1n) is 5.05. The van der Waals surface area contributed by atoms with Gasteiger partial charge >= 0.3 is 110 Å². The van der Waals surface area contributed by atoms with Crippen molar-refractivity contribution in [2.24, 2.45) is 0 Å². The van der Waals surface area contributed by atoms with Gasteiger partial charge in [-0.05, 0) is 0 Å². The molecule has 0 radical (unpaired) electrons. The number of carbonyl (C=O) groups is 1. The Balaban J connectivity index is 2.07. The van der Waals surface area contributed by atoms with E-state index in [9.17, 15) is 4.79 Å². The summed E-state index contributed by atoms with van der Waals surface area (Å²) in [5.74, 6) is 0.483. The Morgan fingerprint density at radius 2 is 2.47 bits per heavy atom. The van der Waals surface area contributed by atoms with Gasteiger partial charge in [0.1, 0.15) is 0 Å². The monoisotopic (exact) mass is 343 g/mol. The maximum atomic E-state index is 11.8. The van der Waals surface area contributed by atoms with Gasteiger partial charge in [-0.2, -0.15) is 0 Å². The number of hydrogen-bond acceptors (Lipinski definition) is 4. The van der Waals surface area contributed by atoms with Crippen molar-refractivity contribution >= 4 is 5.91 Å². The molecule has 1 aliphatic rings. The van der Waals surface area contributed by atoms with Crippen LogP contribution in [0.15, 0.2) is 39.9 Å². The minimum absolute atomic E-state index is 0.0342. The molecular formula is C11H12IN4O-. The molecular weight excluding hydrogens is 331 g/mol. The molecule has 0 fully saturated rings. The average molecular weight is 343 g/mol. The molecule has 6 heteroatoms. The van der Waals surface area contributed by atoms with Crippen molar-refractivity contribution < 1.29 is 26.0 Å². The number of allylic oxidation sites excluding steroid dienone is 2. The number of amides is 1. The van der Waals surface area contributed by atoms with Crippen molar-refractivity contribution in [3.8, 4) is 0 Å². The minimum atomic E-state index is -0.246. The Kier molecular flexibility index (Phi) is 4.08. The van der Waals surface area contributed by atoms with E-state index in [2.05, 4.69) is 24.9 Å². The van der Waals surface area contributed by atoms with Crippen LogP contribution in [0.5, 0.6) is 0 Å². The van der Waals surface area contributed by atoms with Gasteiger partial charge in [-0.1, -0.05) is 0 Å². The number of aromatic nitrogens is 2. The first-order valence-corrected chi connectivity index (χ1v) is 7.82. The molecule has 1 aromatic heterocycles. The standard InChI is InChI=1S/C11H12IN4O/c1-8-5-10(13-7-12-6-8)15-11(17)9-3-2-4-14-16-9/h2-6,13H,7H2,1H3,(H,15,17)/q-1. The molecule has 2 N–H and O–H groups in total. The summed E-state index contributed by atoms with van der Waals surface area (Å²) < 4.78 is 3.15. The Morgan fingerprint density at radius 1 is 1.59 bits per heavy atom. The molecule has 5 nitrogen and oxygen atoms in total. The first-order chi connectivity index (χ1) is 8.25. The Hall–Kier alpha value is -1.44. The van der Waals surface area contributed by atoms with Crippen LogP contribution in [0, 0.1) is 0 Å². The molecule has 1 aliphatic heterocycles. The summed E-state index contributed by atoms with van der Waals surface area (Å²) in [7, 11) is 0. The number of alkyl halides is 1. The van der Waals surface area contributed by atoms with Gasteiger partial charge in [0.2, 0.25) is 0 Å². The van der Waals surface area contributed by atoms with Gasteiger partial charge in [0.25, 0.3) is 0 Å². The topological polar surface area (TPSA) is 66.9 Å². The number of carbonyl (C=O) groups excluding carboxylic acids is 1. The van der Waals surface area contributed by atoms with Gasteiger partial charge < -0.3 is 0 Å². The van der Waals surface area contributed by atoms with Gasteiger partial charge in [0.15, 0.2) is 0 Å². The summed E-state index contributed by atoms with van der Waals surface area (Å²) >= 11 is 0.0342. The summed E-state index contributed by atoms with van der Waals surface area (Å²) in [6.07, 6.45) is 3.47. The Morgan fingerprint density at radius 3 is 3.24 bits per heavy atom. The molecule has 2 heterocycles. The van der Waals surface area contributed by atoms with E-state index < -0.39 is 0 Å². The van der Waals surface area contributed by atoms with Crippen LogP contribution in [0.2, 0.25) is 0 Å². The summed E-state index contributed by atoms with van der Waals surface area (Å²) in [6.45, 7) is 2.03. The fraction of sp³-hybridized carbons (Fsp3) is 0.182. The van der Waals surface area contributed by atoms with E-state index >= 15 is 0 Å². The summed E-state index contributed by atoms with van der Waals surface area (Å²) in [4.78, 5) is 11.8. The predicted molar refractivity (Wildman–Crippen MR) is 59.3 cm³/mol. The van der Waals surface area contributed by atoms with Gasteiger partial charge in [-0.3, -0.25) is 0 Å². The van der Waals surface area contributed by atoms with Crippen LogP contribution in [0.3, 0.4) is 0 Å². The third-order valence-corrected chi connectivity index (χ3v) is 4.25. The molecule has 0 saturated heterocycles. The second-order valence-electron chi connectivity index (χ2n) is 3.44. The average Bonchev–Trinajstić information content (AvgIpc) is 2.55. The van der Waals surface area contributed by atoms with Crippen LogP contribution in [0.1, 0.15) is 17.4 Å². The Bertz CT molecular complexity index is 470. The summed E-state index contributed by atoms with van der Waals surface area (Å²) in [6, 6.07) is 3.32. The van der Waals surface area contributed by atoms with Crippen LogP contribution in [-0.2, 0) is 0 Å². The first kappa shape index (κ1) is 12.0. The molecule has 17 heavy (non-hydrogen) atoms. The quantitative estimate of drug-likeness (QED) is 0.357. The van der Waals surface area contributed by atoms with E-state index in [0.29, 0.717) is 5.69 Å². The Labute approximate surface area is 110 Å². The van der Waals surface area contributed by atoms with E-state index in [-0.39, 0.29) is 27.1 Å². The third-order valence-electron chi connectivity index (χ3n) is 2.01. The zero-order chi connectivity index (χ0) is 12.1. The van der Waals surface area contributed by atoms with E-state index in [1.807, 2.05) is 13.0 Å². The van der Waals surface area contributed by atoms with Crippen LogP contribution in [0.25, 0.3) is 0 Å². The molecule has 0 aliphatic carbocycles. The molecule has 1 amide bonds. The number of rotatable bonds is 2. The molecule has 0 unspecified atom stereocenters. The van der Waals surface area contributed by atoms with Crippen molar-refractivity contribution in [2.45, 2.75) is 6.92 Å². The zero-order valence-electron chi connectivity index (χ0n) is 9.27. The second kappa shape index (κ2) is 5.76. The molecule has 90 valence electrons. The van der Waals surface area contributed by atoms with Crippen molar-refractivity contribution in [2.75, 3.05) is 4.55 Å². The number of nitrogens with one attached hydrogen (secondary N) is 2. The van der Waals surface area contributed by atoms with Crippen molar-refractivity contribution in [3.05, 3.63) is 45.6 Å². The SMILES string of the molecule is CC1=C[I-]CNC(NC(=O)c2cccnn2)=C1. The van der Waals surface area contributed by atoms with E-state index in [1.165, 1.54) is 11.8 Å². The zero-order valence-corrected chi connectivity index (χ0v) is 11.4. The molecule has 0 spiro atoms. The maximum absolute atomic E-state index is 11.8. The summed E-state index contributed by atoms with van der Waals surface area (Å²) in [5.41, 5.74) is 1.49. The van der Waals surface area contributed by atoms with Crippen LogP contribution in [0.4, 0.5) is 0 Å². The molecule has 0 aromatic carbocycles. The molecule has 0 atom stereocenters. The van der Waals surface area contributed by atoms with E-state index in [0.717, 1.165) is 10.4 Å². The van der Waals surface area contributed by atoms with Crippen molar-refractivity contribution in [1.82, 2.24) is 20.8 Å². The van der Waals surface area contributed by atoms with E-state index in [4.69, 9.17) is 0 Å². The van der Waals surface area contributed by atoms with Crippen molar-refractivity contribution in [1.29, 1.82) is 0 Å². The molecule has 1 aromatic rings. The molecule has 0 bridgehead atoms. The van der Waals surface area contributed by atoms with Gasteiger partial charge in [-0.15, -0.1) is 0 Å². The van der Waals surface area contributed by atoms with Crippen LogP contribution >= 0.6 is 0 Å². The molecule has 0 saturated carbocycles. The van der Waals surface area contributed by atoms with Gasteiger partial charge in [0.05, 0.1) is 0 Å². The fourth-order valence-electron chi connectivity index (χ4n) is 1.27. The fourth-order valence-corrected chi connectivity index (χ4v) is 3.00. The summed E-state index contributed by atoms with van der Waals surface area (Å²) in [5, 5.41) is 13.4. The van der Waals surface area contributed by atoms with Crippen LogP contribution in [-0.4, -0.2) is 20.7 Å². The predicted octanol–water partition coefficient (Wildman–Crippen LogP) is -2.40. The van der Waals surface area contributed by atoms with Gasteiger partial charge in [0, 0.05) is 0 Å².